The first kappa shape index (κ1) is 10.6. The molecule has 0 unspecified atom stereocenters. The summed E-state index contributed by atoms with van der Waals surface area (Å²) in [6.45, 7) is 3.59. The normalized spacial score (nSPS) is 10.1. The topological polar surface area (TPSA) is 47.8 Å². The van der Waals surface area contributed by atoms with Crippen molar-refractivity contribution in [2.75, 3.05) is 0 Å². The zero-order valence-electron chi connectivity index (χ0n) is 8.30. The molecule has 0 saturated carbocycles. The molecule has 0 radical (unpaired) electrons. The predicted octanol–water partition coefficient (Wildman–Crippen LogP) is 2.26. The van der Waals surface area contributed by atoms with E-state index in [1.54, 1.807) is 16.8 Å². The lowest BCUT2D eigenvalue weighted by molar-refractivity contribution is 0.102. The SMILES string of the molecule is C=Cn1ccnc1C(=O)c1ccnc(Cl)c1. The second kappa shape index (κ2) is 4.28. The maximum atomic E-state index is 12.0. The summed E-state index contributed by atoms with van der Waals surface area (Å²) in [5.74, 6) is 0.0893. The number of ketones is 1. The monoisotopic (exact) mass is 233 g/mol. The van der Waals surface area contributed by atoms with Gasteiger partial charge in [0.15, 0.2) is 5.82 Å². The maximum absolute atomic E-state index is 12.0. The van der Waals surface area contributed by atoms with Gasteiger partial charge < -0.3 is 4.57 Å². The Labute approximate surface area is 97.2 Å². The van der Waals surface area contributed by atoms with E-state index in [1.807, 2.05) is 0 Å². The van der Waals surface area contributed by atoms with Crippen LogP contribution in [0.25, 0.3) is 6.20 Å². The van der Waals surface area contributed by atoms with Crippen LogP contribution in [0.4, 0.5) is 0 Å². The number of halogens is 1. The highest BCUT2D eigenvalue weighted by molar-refractivity contribution is 6.29. The fraction of sp³-hybridized carbons (Fsp3) is 0. The molecule has 5 heteroatoms. The van der Waals surface area contributed by atoms with Crippen LogP contribution in [0.5, 0.6) is 0 Å². The summed E-state index contributed by atoms with van der Waals surface area (Å²) < 4.78 is 1.55. The first-order valence-corrected chi connectivity index (χ1v) is 4.92. The first-order chi connectivity index (χ1) is 7.72. The number of carbonyl (C=O) groups is 1. The number of imidazole rings is 1. The Balaban J connectivity index is 2.43. The van der Waals surface area contributed by atoms with E-state index in [1.165, 1.54) is 24.7 Å². The summed E-state index contributed by atoms with van der Waals surface area (Å²) in [6, 6.07) is 3.10. The van der Waals surface area contributed by atoms with Crippen LogP contribution >= 0.6 is 11.6 Å². The Morgan fingerprint density at radius 3 is 2.94 bits per heavy atom. The highest BCUT2D eigenvalue weighted by atomic mass is 35.5. The quantitative estimate of drug-likeness (QED) is 0.604. The van der Waals surface area contributed by atoms with Crippen LogP contribution in [-0.2, 0) is 0 Å². The molecule has 2 aromatic heterocycles. The van der Waals surface area contributed by atoms with Gasteiger partial charge in [-0.05, 0) is 12.1 Å². The summed E-state index contributed by atoms with van der Waals surface area (Å²) in [7, 11) is 0. The lowest BCUT2D eigenvalue weighted by Crippen LogP contribution is -2.08. The van der Waals surface area contributed by atoms with Crippen molar-refractivity contribution in [2.24, 2.45) is 0 Å². The minimum Gasteiger partial charge on any atom is -0.304 e. The van der Waals surface area contributed by atoms with Crippen LogP contribution in [-0.4, -0.2) is 20.3 Å². The summed E-state index contributed by atoms with van der Waals surface area (Å²) in [5.41, 5.74) is 0.453. The van der Waals surface area contributed by atoms with Crippen LogP contribution < -0.4 is 0 Å². The van der Waals surface area contributed by atoms with Crippen molar-refractivity contribution in [3.05, 3.63) is 53.8 Å². The molecule has 0 amide bonds. The Morgan fingerprint density at radius 2 is 2.25 bits per heavy atom. The Kier molecular flexibility index (Phi) is 2.83. The smallest absolute Gasteiger partial charge is 0.228 e. The van der Waals surface area contributed by atoms with Crippen molar-refractivity contribution in [1.82, 2.24) is 14.5 Å². The molecule has 0 aliphatic rings. The van der Waals surface area contributed by atoms with E-state index >= 15 is 0 Å². The summed E-state index contributed by atoms with van der Waals surface area (Å²) in [4.78, 5) is 19.8. The number of nitrogens with zero attached hydrogens (tertiary/aromatic N) is 3. The Bertz CT molecular complexity index is 548. The number of hydrogen-bond acceptors (Lipinski definition) is 3. The average molecular weight is 234 g/mol. The van der Waals surface area contributed by atoms with Gasteiger partial charge in [-0.15, -0.1) is 0 Å². The molecule has 0 fully saturated rings. The molecule has 0 aromatic carbocycles. The van der Waals surface area contributed by atoms with Crippen molar-refractivity contribution in [3.63, 3.8) is 0 Å². The maximum Gasteiger partial charge on any atom is 0.228 e. The fourth-order valence-electron chi connectivity index (χ4n) is 1.31. The van der Waals surface area contributed by atoms with Gasteiger partial charge in [-0.1, -0.05) is 18.2 Å². The van der Waals surface area contributed by atoms with E-state index in [-0.39, 0.29) is 10.9 Å². The molecule has 4 nitrogen and oxygen atoms in total. The summed E-state index contributed by atoms with van der Waals surface area (Å²) in [6.07, 6.45) is 6.19. The standard InChI is InChI=1S/C11H8ClN3O/c1-2-15-6-5-14-11(15)10(16)8-3-4-13-9(12)7-8/h2-7H,1H2. The zero-order valence-corrected chi connectivity index (χ0v) is 9.05. The molecular weight excluding hydrogens is 226 g/mol. The fourth-order valence-corrected chi connectivity index (χ4v) is 1.48. The summed E-state index contributed by atoms with van der Waals surface area (Å²) in [5, 5.41) is 0.280. The zero-order chi connectivity index (χ0) is 11.5. The molecule has 16 heavy (non-hydrogen) atoms. The molecule has 0 aliphatic carbocycles. The molecule has 0 saturated heterocycles. The minimum atomic E-state index is -0.214. The van der Waals surface area contributed by atoms with E-state index < -0.39 is 0 Å². The van der Waals surface area contributed by atoms with E-state index in [4.69, 9.17) is 11.6 Å². The van der Waals surface area contributed by atoms with Gasteiger partial charge in [-0.25, -0.2) is 9.97 Å². The van der Waals surface area contributed by atoms with Gasteiger partial charge >= 0.3 is 0 Å². The van der Waals surface area contributed by atoms with Gasteiger partial charge in [0.2, 0.25) is 5.78 Å². The van der Waals surface area contributed by atoms with Gasteiger partial charge in [0.05, 0.1) is 0 Å². The number of pyridine rings is 1. The molecule has 2 rings (SSSR count). The molecule has 0 spiro atoms. The third-order valence-corrected chi connectivity index (χ3v) is 2.26. The van der Waals surface area contributed by atoms with E-state index in [0.717, 1.165) is 0 Å². The molecule has 2 aromatic rings. The number of carbonyl (C=O) groups excluding carboxylic acids is 1. The lowest BCUT2D eigenvalue weighted by atomic mass is 10.2. The summed E-state index contributed by atoms with van der Waals surface area (Å²) >= 11 is 5.71. The van der Waals surface area contributed by atoms with Gasteiger partial charge in [0.1, 0.15) is 5.15 Å². The van der Waals surface area contributed by atoms with Crippen LogP contribution in [0.3, 0.4) is 0 Å². The van der Waals surface area contributed by atoms with Crippen LogP contribution in [0.15, 0.2) is 37.3 Å². The third-order valence-electron chi connectivity index (χ3n) is 2.06. The minimum absolute atomic E-state index is 0.214. The van der Waals surface area contributed by atoms with Crippen molar-refractivity contribution < 1.29 is 4.79 Å². The van der Waals surface area contributed by atoms with E-state index in [9.17, 15) is 4.79 Å². The predicted molar refractivity (Wildman–Crippen MR) is 61.3 cm³/mol. The Hall–Kier alpha value is -1.94. The van der Waals surface area contributed by atoms with E-state index in [0.29, 0.717) is 11.4 Å². The molecule has 2 heterocycles. The number of aromatic nitrogens is 3. The molecule has 0 atom stereocenters. The molecule has 0 N–H and O–H groups in total. The van der Waals surface area contributed by atoms with Gasteiger partial charge in [-0.3, -0.25) is 4.79 Å². The highest BCUT2D eigenvalue weighted by Gasteiger charge is 2.14. The van der Waals surface area contributed by atoms with Crippen molar-refractivity contribution in [3.8, 4) is 0 Å². The van der Waals surface area contributed by atoms with Crippen LogP contribution in [0.1, 0.15) is 16.2 Å². The molecule has 0 aliphatic heterocycles. The molecule has 0 bridgehead atoms. The molecular formula is C11H8ClN3O. The average Bonchev–Trinajstić information content (AvgIpc) is 2.76. The second-order valence-electron chi connectivity index (χ2n) is 3.04. The third kappa shape index (κ3) is 1.87. The van der Waals surface area contributed by atoms with Crippen molar-refractivity contribution in [2.45, 2.75) is 0 Å². The van der Waals surface area contributed by atoms with Crippen molar-refractivity contribution >= 4 is 23.6 Å². The van der Waals surface area contributed by atoms with Crippen LogP contribution in [0.2, 0.25) is 5.15 Å². The number of rotatable bonds is 3. The lowest BCUT2D eigenvalue weighted by Gasteiger charge is -2.01. The highest BCUT2D eigenvalue weighted by Crippen LogP contribution is 2.11. The van der Waals surface area contributed by atoms with Gasteiger partial charge in [-0.2, -0.15) is 0 Å². The number of hydrogen-bond donors (Lipinski definition) is 0. The van der Waals surface area contributed by atoms with Gasteiger partial charge in [0, 0.05) is 30.4 Å². The second-order valence-corrected chi connectivity index (χ2v) is 3.42. The van der Waals surface area contributed by atoms with Crippen molar-refractivity contribution in [1.29, 1.82) is 0 Å². The van der Waals surface area contributed by atoms with E-state index in [2.05, 4.69) is 16.5 Å². The first-order valence-electron chi connectivity index (χ1n) is 4.54. The Morgan fingerprint density at radius 1 is 1.44 bits per heavy atom. The van der Waals surface area contributed by atoms with Gasteiger partial charge in [0.25, 0.3) is 0 Å². The largest absolute Gasteiger partial charge is 0.304 e. The molecule has 80 valence electrons. The van der Waals surface area contributed by atoms with Crippen LogP contribution in [0, 0.1) is 0 Å².